The van der Waals surface area contributed by atoms with Crippen molar-refractivity contribution < 1.29 is 12.8 Å². The molecule has 0 heterocycles. The zero-order valence-electron chi connectivity index (χ0n) is 11.4. The Morgan fingerprint density at radius 1 is 1.14 bits per heavy atom. The average molecular weight is 373 g/mol. The minimum absolute atomic E-state index is 0.0594. The Morgan fingerprint density at radius 2 is 1.81 bits per heavy atom. The van der Waals surface area contributed by atoms with Crippen LogP contribution in [-0.4, -0.2) is 8.42 Å². The number of hydrogen-bond donors (Lipinski definition) is 2. The van der Waals surface area contributed by atoms with Crippen LogP contribution in [0.2, 0.25) is 0 Å². The molecule has 0 spiro atoms. The third kappa shape index (κ3) is 3.36. The van der Waals surface area contributed by atoms with Crippen LogP contribution in [0.15, 0.2) is 39.7 Å². The molecule has 0 fully saturated rings. The Kier molecular flexibility index (Phi) is 4.25. The molecule has 0 unspecified atom stereocenters. The molecular formula is C14H14BrFN2O2S. The monoisotopic (exact) mass is 372 g/mol. The summed E-state index contributed by atoms with van der Waals surface area (Å²) in [5, 5.41) is 0. The number of halogens is 2. The number of hydrogen-bond acceptors (Lipinski definition) is 3. The second kappa shape index (κ2) is 5.65. The average Bonchev–Trinajstić information content (AvgIpc) is 2.37. The Bertz CT molecular complexity index is 807. The van der Waals surface area contributed by atoms with Gasteiger partial charge < -0.3 is 5.73 Å². The predicted molar refractivity (Wildman–Crippen MR) is 85.2 cm³/mol. The van der Waals surface area contributed by atoms with E-state index < -0.39 is 15.8 Å². The number of anilines is 2. The molecule has 2 rings (SSSR count). The van der Waals surface area contributed by atoms with E-state index in [-0.39, 0.29) is 10.6 Å². The molecule has 0 aliphatic carbocycles. The van der Waals surface area contributed by atoms with Gasteiger partial charge in [-0.25, -0.2) is 12.8 Å². The van der Waals surface area contributed by atoms with Crippen LogP contribution in [0, 0.1) is 19.7 Å². The lowest BCUT2D eigenvalue weighted by atomic mass is 10.2. The summed E-state index contributed by atoms with van der Waals surface area (Å²) in [5.74, 6) is -0.470. The van der Waals surface area contributed by atoms with Gasteiger partial charge in [0.1, 0.15) is 5.82 Å². The highest BCUT2D eigenvalue weighted by molar-refractivity contribution is 9.10. The number of nitrogen functional groups attached to an aromatic ring is 1. The van der Waals surface area contributed by atoms with Gasteiger partial charge >= 0.3 is 0 Å². The molecule has 2 aromatic rings. The number of benzene rings is 2. The molecule has 112 valence electrons. The summed E-state index contributed by atoms with van der Waals surface area (Å²) < 4.78 is 41.2. The van der Waals surface area contributed by atoms with Gasteiger partial charge in [0.2, 0.25) is 0 Å². The lowest BCUT2D eigenvalue weighted by molar-refractivity contribution is 0.600. The van der Waals surface area contributed by atoms with Crippen molar-refractivity contribution in [2.24, 2.45) is 0 Å². The molecule has 0 saturated heterocycles. The predicted octanol–water partition coefficient (Wildman–Crippen LogP) is 3.59. The zero-order valence-corrected chi connectivity index (χ0v) is 13.8. The van der Waals surface area contributed by atoms with Gasteiger partial charge in [0.25, 0.3) is 10.0 Å². The van der Waals surface area contributed by atoms with Gasteiger partial charge in [0.05, 0.1) is 10.6 Å². The van der Waals surface area contributed by atoms with Crippen molar-refractivity contribution in [3.63, 3.8) is 0 Å². The van der Waals surface area contributed by atoms with Crippen molar-refractivity contribution >= 4 is 37.3 Å². The molecule has 4 nitrogen and oxygen atoms in total. The molecule has 21 heavy (non-hydrogen) atoms. The molecule has 0 radical (unpaired) electrons. The van der Waals surface area contributed by atoms with Gasteiger partial charge in [0.15, 0.2) is 0 Å². The number of aryl methyl sites for hydroxylation is 2. The van der Waals surface area contributed by atoms with Crippen LogP contribution in [0.4, 0.5) is 15.8 Å². The summed E-state index contributed by atoms with van der Waals surface area (Å²) in [5.41, 5.74) is 7.19. The minimum atomic E-state index is -3.83. The van der Waals surface area contributed by atoms with Crippen LogP contribution < -0.4 is 10.5 Å². The van der Waals surface area contributed by atoms with E-state index in [0.29, 0.717) is 21.3 Å². The van der Waals surface area contributed by atoms with E-state index in [1.165, 1.54) is 18.2 Å². The quantitative estimate of drug-likeness (QED) is 0.808. The fourth-order valence-electron chi connectivity index (χ4n) is 1.82. The van der Waals surface area contributed by atoms with E-state index in [0.717, 1.165) is 6.07 Å². The lowest BCUT2D eigenvalue weighted by Gasteiger charge is -2.12. The van der Waals surface area contributed by atoms with Gasteiger partial charge in [0, 0.05) is 10.2 Å². The zero-order chi connectivity index (χ0) is 15.8. The normalized spacial score (nSPS) is 11.4. The van der Waals surface area contributed by atoms with Gasteiger partial charge in [-0.1, -0.05) is 6.07 Å². The van der Waals surface area contributed by atoms with Crippen LogP contribution in [0.3, 0.4) is 0 Å². The Balaban J connectivity index is 2.43. The number of sulfonamides is 1. The molecule has 0 atom stereocenters. The highest BCUT2D eigenvalue weighted by Gasteiger charge is 2.19. The van der Waals surface area contributed by atoms with Crippen LogP contribution in [0.1, 0.15) is 11.1 Å². The van der Waals surface area contributed by atoms with Gasteiger partial charge in [-0.2, -0.15) is 0 Å². The molecule has 0 saturated carbocycles. The largest absolute Gasteiger partial charge is 0.398 e. The molecule has 0 aliphatic rings. The van der Waals surface area contributed by atoms with Crippen molar-refractivity contribution in [3.8, 4) is 0 Å². The number of rotatable bonds is 3. The standard InChI is InChI=1S/C14H14BrFN2O2S/c1-8-3-4-10(6-12(8)16)18-21(19,20)14-7-13(17)11(15)5-9(14)2/h3-7,18H,17H2,1-2H3. The van der Waals surface area contributed by atoms with E-state index in [1.54, 1.807) is 19.9 Å². The second-order valence-corrected chi connectivity index (χ2v) is 7.21. The van der Waals surface area contributed by atoms with Gasteiger partial charge in [-0.05, 0) is 65.2 Å². The Labute approximate surface area is 131 Å². The van der Waals surface area contributed by atoms with E-state index in [4.69, 9.17) is 5.73 Å². The van der Waals surface area contributed by atoms with Crippen LogP contribution in [-0.2, 0) is 10.0 Å². The van der Waals surface area contributed by atoms with Crippen molar-refractivity contribution in [1.82, 2.24) is 0 Å². The minimum Gasteiger partial charge on any atom is -0.398 e. The molecular weight excluding hydrogens is 359 g/mol. The smallest absolute Gasteiger partial charge is 0.262 e. The van der Waals surface area contributed by atoms with Gasteiger partial charge in [-0.15, -0.1) is 0 Å². The first-order valence-corrected chi connectivity index (χ1v) is 8.33. The van der Waals surface area contributed by atoms with Crippen molar-refractivity contribution in [2.75, 3.05) is 10.5 Å². The van der Waals surface area contributed by atoms with Crippen molar-refractivity contribution in [3.05, 3.63) is 51.7 Å². The summed E-state index contributed by atoms with van der Waals surface area (Å²) in [7, 11) is -3.83. The Hall–Kier alpha value is -1.60. The lowest BCUT2D eigenvalue weighted by Crippen LogP contribution is -2.15. The fraction of sp³-hybridized carbons (Fsp3) is 0.143. The van der Waals surface area contributed by atoms with Crippen molar-refractivity contribution in [2.45, 2.75) is 18.7 Å². The van der Waals surface area contributed by atoms with E-state index in [1.807, 2.05) is 0 Å². The summed E-state index contributed by atoms with van der Waals surface area (Å²) in [6.45, 7) is 3.27. The summed E-state index contributed by atoms with van der Waals surface area (Å²) in [6.07, 6.45) is 0. The van der Waals surface area contributed by atoms with Gasteiger partial charge in [-0.3, -0.25) is 4.72 Å². The van der Waals surface area contributed by atoms with E-state index >= 15 is 0 Å². The summed E-state index contributed by atoms with van der Waals surface area (Å²) in [6, 6.07) is 7.15. The maximum Gasteiger partial charge on any atom is 0.262 e. The topological polar surface area (TPSA) is 72.2 Å². The third-order valence-corrected chi connectivity index (χ3v) is 5.22. The van der Waals surface area contributed by atoms with Crippen molar-refractivity contribution in [1.29, 1.82) is 0 Å². The molecule has 0 aromatic heterocycles. The SMILES string of the molecule is Cc1ccc(NS(=O)(=O)c2cc(N)c(Br)cc2C)cc1F. The second-order valence-electron chi connectivity index (χ2n) is 4.71. The molecule has 0 amide bonds. The van der Waals surface area contributed by atoms with Crippen LogP contribution in [0.25, 0.3) is 0 Å². The molecule has 3 N–H and O–H groups in total. The molecule has 0 aliphatic heterocycles. The fourth-order valence-corrected chi connectivity index (χ4v) is 3.59. The highest BCUT2D eigenvalue weighted by Crippen LogP contribution is 2.28. The first kappa shape index (κ1) is 15.8. The Morgan fingerprint density at radius 3 is 2.43 bits per heavy atom. The highest BCUT2D eigenvalue weighted by atomic mass is 79.9. The third-order valence-electron chi connectivity index (χ3n) is 3.01. The molecule has 2 aromatic carbocycles. The number of nitrogens with one attached hydrogen (secondary N) is 1. The summed E-state index contributed by atoms with van der Waals surface area (Å²) >= 11 is 3.24. The first-order valence-electron chi connectivity index (χ1n) is 6.05. The molecule has 7 heteroatoms. The van der Waals surface area contributed by atoms with Crippen LogP contribution >= 0.6 is 15.9 Å². The maximum atomic E-state index is 13.5. The first-order chi connectivity index (χ1) is 9.70. The number of nitrogens with two attached hydrogens (primary N) is 1. The van der Waals surface area contributed by atoms with E-state index in [9.17, 15) is 12.8 Å². The maximum absolute atomic E-state index is 13.5. The molecule has 0 bridgehead atoms. The summed E-state index contributed by atoms with van der Waals surface area (Å²) in [4.78, 5) is 0.0594. The van der Waals surface area contributed by atoms with E-state index in [2.05, 4.69) is 20.7 Å². The van der Waals surface area contributed by atoms with Crippen LogP contribution in [0.5, 0.6) is 0 Å².